The number of ether oxygens (including phenoxy) is 5. The Morgan fingerprint density at radius 1 is 1.02 bits per heavy atom. The lowest BCUT2D eigenvalue weighted by atomic mass is 9.78. The minimum absolute atomic E-state index is 0.00954. The first-order valence-corrected chi connectivity index (χ1v) is 13.7. The van der Waals surface area contributed by atoms with Gasteiger partial charge in [-0.25, -0.2) is 0 Å². The van der Waals surface area contributed by atoms with Crippen LogP contribution in [0.5, 0.6) is 5.75 Å². The van der Waals surface area contributed by atoms with Crippen LogP contribution in [0, 0.1) is 12.8 Å². The molecular weight excluding hydrogens is 527 g/mol. The number of amides is 1. The van der Waals surface area contributed by atoms with E-state index in [2.05, 4.69) is 10.1 Å². The van der Waals surface area contributed by atoms with E-state index in [-0.39, 0.29) is 37.7 Å². The molecule has 0 bridgehead atoms. The quantitative estimate of drug-likeness (QED) is 0.407. The molecule has 1 heterocycles. The highest BCUT2D eigenvalue weighted by molar-refractivity contribution is 5.85. The molecule has 2 aliphatic carbocycles. The van der Waals surface area contributed by atoms with Gasteiger partial charge in [0.1, 0.15) is 11.9 Å². The number of alkyl halides is 3. The van der Waals surface area contributed by atoms with E-state index in [0.717, 1.165) is 24.0 Å². The molecule has 3 aliphatic rings. The summed E-state index contributed by atoms with van der Waals surface area (Å²) in [6.45, 7) is 6.42. The van der Waals surface area contributed by atoms with E-state index in [9.17, 15) is 18.0 Å². The van der Waals surface area contributed by atoms with Crippen LogP contribution in [-0.2, 0) is 37.0 Å². The van der Waals surface area contributed by atoms with Gasteiger partial charge in [-0.3, -0.25) is 4.79 Å². The number of aryl methyl sites for hydroxylation is 1. The first-order chi connectivity index (χ1) is 18.9. The fraction of sp³-hybridized carbons (Fsp3) is 0.567. The van der Waals surface area contributed by atoms with Gasteiger partial charge in [-0.05, 0) is 62.8 Å². The zero-order valence-electron chi connectivity index (χ0n) is 23.0. The van der Waals surface area contributed by atoms with Crippen molar-refractivity contribution in [3.63, 3.8) is 0 Å². The lowest BCUT2D eigenvalue weighted by Gasteiger charge is -2.43. The summed E-state index contributed by atoms with van der Waals surface area (Å²) in [6, 6.07) is 13.6. The second kappa shape index (κ2) is 11.3. The molecule has 2 aromatic carbocycles. The summed E-state index contributed by atoms with van der Waals surface area (Å²) in [7, 11) is 0. The van der Waals surface area contributed by atoms with Crippen molar-refractivity contribution in [1.29, 1.82) is 0 Å². The lowest BCUT2D eigenvalue weighted by molar-refractivity contribution is -0.274. The maximum Gasteiger partial charge on any atom is 0.573 e. The molecule has 4 atom stereocenters. The lowest BCUT2D eigenvalue weighted by Crippen LogP contribution is -2.60. The predicted molar refractivity (Wildman–Crippen MR) is 139 cm³/mol. The number of rotatable bonds is 10. The Hall–Kier alpha value is -2.66. The monoisotopic (exact) mass is 563 g/mol. The van der Waals surface area contributed by atoms with Gasteiger partial charge in [-0.15, -0.1) is 13.2 Å². The molecule has 1 N–H and O–H groups in total. The summed E-state index contributed by atoms with van der Waals surface area (Å²) in [4.78, 5) is 13.8. The van der Waals surface area contributed by atoms with Gasteiger partial charge in [-0.1, -0.05) is 42.0 Å². The maximum absolute atomic E-state index is 13.8. The Labute approximate surface area is 232 Å². The third-order valence-corrected chi connectivity index (χ3v) is 7.51. The third kappa shape index (κ3) is 7.34. The van der Waals surface area contributed by atoms with Gasteiger partial charge in [0.15, 0.2) is 11.4 Å². The van der Waals surface area contributed by atoms with Crippen LogP contribution in [-0.4, -0.2) is 48.5 Å². The summed E-state index contributed by atoms with van der Waals surface area (Å²) in [5, 5.41) is 3.09. The molecule has 3 fully saturated rings. The predicted octanol–water partition coefficient (Wildman–Crippen LogP) is 5.57. The first-order valence-electron chi connectivity index (χ1n) is 13.7. The maximum atomic E-state index is 13.8. The molecule has 1 saturated heterocycles. The molecule has 40 heavy (non-hydrogen) atoms. The number of carbonyl (C=O) groups excluding carboxylic acids is 1. The Morgan fingerprint density at radius 3 is 2.45 bits per heavy atom. The summed E-state index contributed by atoms with van der Waals surface area (Å²) in [5.74, 6) is -0.952. The molecule has 1 amide bonds. The number of halogens is 3. The molecule has 0 spiro atoms. The standard InChI is InChI=1S/C30H36F3NO6/c1-19-6-4-7-21(12-19)18-37-29(27(35)34-16-20-10-11-20)14-24(26-25(15-29)39-28(2,3)40-26)36-17-22-8-5-9-23(13-22)38-30(31,32)33/h4-9,12-13,20,24-26H,10-11,14-18H2,1-3H3,(H,34,35)/t24?,25-,26+,29-/m1/s1. The highest BCUT2D eigenvalue weighted by Crippen LogP contribution is 2.44. The minimum atomic E-state index is -4.79. The van der Waals surface area contributed by atoms with Crippen molar-refractivity contribution in [2.75, 3.05) is 6.54 Å². The van der Waals surface area contributed by atoms with Crippen molar-refractivity contribution in [3.8, 4) is 5.75 Å². The SMILES string of the molecule is Cc1cccc(CO[C@]2(C(=O)NCC3CC3)CC(OCc3cccc(OC(F)(F)F)c3)[C@@H]3OC(C)(C)O[C@@H]3C2)c1. The van der Waals surface area contributed by atoms with Crippen LogP contribution in [0.2, 0.25) is 0 Å². The van der Waals surface area contributed by atoms with Gasteiger partial charge in [0.2, 0.25) is 0 Å². The highest BCUT2D eigenvalue weighted by Gasteiger charge is 2.58. The molecule has 1 aliphatic heterocycles. The summed E-state index contributed by atoms with van der Waals surface area (Å²) in [5.41, 5.74) is 1.28. The van der Waals surface area contributed by atoms with Crippen LogP contribution in [0.1, 0.15) is 56.2 Å². The van der Waals surface area contributed by atoms with Crippen molar-refractivity contribution < 1.29 is 41.7 Å². The van der Waals surface area contributed by atoms with Gasteiger partial charge >= 0.3 is 6.36 Å². The van der Waals surface area contributed by atoms with E-state index in [1.54, 1.807) is 6.07 Å². The summed E-state index contributed by atoms with van der Waals surface area (Å²) < 4.78 is 67.4. The Balaban J connectivity index is 1.37. The van der Waals surface area contributed by atoms with E-state index in [0.29, 0.717) is 18.0 Å². The van der Waals surface area contributed by atoms with E-state index in [4.69, 9.17) is 18.9 Å². The van der Waals surface area contributed by atoms with Crippen LogP contribution in [0.4, 0.5) is 13.2 Å². The Morgan fingerprint density at radius 2 is 1.75 bits per heavy atom. The molecule has 10 heteroatoms. The highest BCUT2D eigenvalue weighted by atomic mass is 19.4. The van der Waals surface area contributed by atoms with Crippen LogP contribution >= 0.6 is 0 Å². The van der Waals surface area contributed by atoms with Gasteiger partial charge < -0.3 is 29.0 Å². The number of benzene rings is 2. The average Bonchev–Trinajstić information content (AvgIpc) is 3.64. The van der Waals surface area contributed by atoms with Crippen molar-refractivity contribution in [2.45, 2.75) is 95.7 Å². The smallest absolute Gasteiger partial charge is 0.406 e. The molecular formula is C30H36F3NO6. The van der Waals surface area contributed by atoms with E-state index in [1.807, 2.05) is 45.0 Å². The third-order valence-electron chi connectivity index (χ3n) is 7.51. The number of carbonyl (C=O) groups is 1. The van der Waals surface area contributed by atoms with Gasteiger partial charge in [-0.2, -0.15) is 0 Å². The van der Waals surface area contributed by atoms with Crippen LogP contribution in [0.15, 0.2) is 48.5 Å². The largest absolute Gasteiger partial charge is 0.573 e. The molecule has 7 nitrogen and oxygen atoms in total. The normalized spacial score (nSPS) is 27.7. The zero-order valence-corrected chi connectivity index (χ0v) is 23.0. The number of nitrogens with one attached hydrogen (secondary N) is 1. The summed E-state index contributed by atoms with van der Waals surface area (Å²) in [6.07, 6.45) is -3.68. The molecule has 218 valence electrons. The fourth-order valence-corrected chi connectivity index (χ4v) is 5.49. The van der Waals surface area contributed by atoms with E-state index in [1.165, 1.54) is 18.2 Å². The first kappa shape index (κ1) is 28.9. The molecule has 2 aromatic rings. The van der Waals surface area contributed by atoms with Crippen LogP contribution in [0.3, 0.4) is 0 Å². The van der Waals surface area contributed by atoms with Crippen molar-refractivity contribution in [1.82, 2.24) is 5.32 Å². The van der Waals surface area contributed by atoms with Gasteiger partial charge in [0.25, 0.3) is 5.91 Å². The second-order valence-corrected chi connectivity index (χ2v) is 11.5. The van der Waals surface area contributed by atoms with Gasteiger partial charge in [0.05, 0.1) is 25.4 Å². The molecule has 1 unspecified atom stereocenters. The number of hydrogen-bond acceptors (Lipinski definition) is 6. The number of fused-ring (bicyclic) bond motifs is 1. The van der Waals surface area contributed by atoms with Crippen molar-refractivity contribution in [3.05, 3.63) is 65.2 Å². The Bertz CT molecular complexity index is 1200. The molecule has 2 saturated carbocycles. The van der Waals surface area contributed by atoms with Gasteiger partial charge in [0, 0.05) is 19.4 Å². The Kier molecular flexibility index (Phi) is 8.16. The van der Waals surface area contributed by atoms with Crippen LogP contribution < -0.4 is 10.1 Å². The molecule has 0 aromatic heterocycles. The van der Waals surface area contributed by atoms with Crippen molar-refractivity contribution >= 4 is 5.91 Å². The minimum Gasteiger partial charge on any atom is -0.406 e. The van der Waals surface area contributed by atoms with Crippen molar-refractivity contribution in [2.24, 2.45) is 5.92 Å². The zero-order chi connectivity index (χ0) is 28.5. The average molecular weight is 564 g/mol. The van der Waals surface area contributed by atoms with E-state index < -0.39 is 36.1 Å². The second-order valence-electron chi connectivity index (χ2n) is 11.5. The van der Waals surface area contributed by atoms with Crippen LogP contribution in [0.25, 0.3) is 0 Å². The fourth-order valence-electron chi connectivity index (χ4n) is 5.49. The number of hydrogen-bond donors (Lipinski definition) is 1. The topological polar surface area (TPSA) is 75.3 Å². The van der Waals surface area contributed by atoms with E-state index >= 15 is 0 Å². The molecule has 0 radical (unpaired) electrons. The molecule has 5 rings (SSSR count). The summed E-state index contributed by atoms with van der Waals surface area (Å²) >= 11 is 0.